The quantitative estimate of drug-likeness (QED) is 0.480. The number of H-pyrrole nitrogens is 1. The number of hydrogen-bond acceptors (Lipinski definition) is 4. The van der Waals surface area contributed by atoms with E-state index in [0.29, 0.717) is 13.1 Å². The maximum atomic E-state index is 11.9. The number of nitrogens with one attached hydrogen (secondary N) is 2. The van der Waals surface area contributed by atoms with Gasteiger partial charge in [-0.25, -0.2) is 9.98 Å². The van der Waals surface area contributed by atoms with Gasteiger partial charge in [-0.05, 0) is 18.4 Å². The summed E-state index contributed by atoms with van der Waals surface area (Å²) in [6.07, 6.45) is 1.83. The predicted octanol–water partition coefficient (Wildman–Crippen LogP) is 2.28. The lowest BCUT2D eigenvalue weighted by molar-refractivity contribution is -0.145. The van der Waals surface area contributed by atoms with Crippen molar-refractivity contribution < 1.29 is 9.53 Å². The van der Waals surface area contributed by atoms with Crippen molar-refractivity contribution in [3.05, 3.63) is 42.4 Å². The average Bonchev–Trinajstić information content (AvgIpc) is 3.32. The van der Waals surface area contributed by atoms with Crippen LogP contribution in [-0.2, 0) is 16.1 Å². The fourth-order valence-corrected chi connectivity index (χ4v) is 3.38. The van der Waals surface area contributed by atoms with E-state index in [9.17, 15) is 4.79 Å². The first kappa shape index (κ1) is 18.9. The third-order valence-electron chi connectivity index (χ3n) is 4.84. The fraction of sp³-hybridized carbons (Fsp3) is 0.450. The van der Waals surface area contributed by atoms with Crippen LogP contribution in [0.25, 0.3) is 11.3 Å². The zero-order valence-electron chi connectivity index (χ0n) is 16.1. The second-order valence-corrected chi connectivity index (χ2v) is 6.79. The Balaban J connectivity index is 1.70. The summed E-state index contributed by atoms with van der Waals surface area (Å²) in [7, 11) is 1.44. The molecular formula is C20H27N5O2. The Morgan fingerprint density at radius 2 is 2.15 bits per heavy atom. The highest BCUT2D eigenvalue weighted by Gasteiger charge is 2.36. The number of guanidine groups is 1. The second kappa shape index (κ2) is 8.70. The SMILES string of the molecule is CCNC(=NCc1ncc(-c2ccccc2)[nH]1)N1CC(C)C(C(=O)OC)C1. The van der Waals surface area contributed by atoms with Gasteiger partial charge in [0.2, 0.25) is 0 Å². The largest absolute Gasteiger partial charge is 0.469 e. The van der Waals surface area contributed by atoms with Gasteiger partial charge >= 0.3 is 5.97 Å². The Hall–Kier alpha value is -2.83. The van der Waals surface area contributed by atoms with Gasteiger partial charge in [-0.15, -0.1) is 0 Å². The molecule has 0 radical (unpaired) electrons. The Bertz CT molecular complexity index is 787. The highest BCUT2D eigenvalue weighted by molar-refractivity contribution is 5.82. The molecule has 2 aromatic rings. The van der Waals surface area contributed by atoms with E-state index in [2.05, 4.69) is 27.1 Å². The molecule has 2 unspecified atom stereocenters. The first-order valence-corrected chi connectivity index (χ1v) is 9.32. The fourth-order valence-electron chi connectivity index (χ4n) is 3.38. The van der Waals surface area contributed by atoms with Gasteiger partial charge in [0.15, 0.2) is 5.96 Å². The van der Waals surface area contributed by atoms with Crippen LogP contribution in [0.2, 0.25) is 0 Å². The number of ether oxygens (including phenoxy) is 1. The lowest BCUT2D eigenvalue weighted by Crippen LogP contribution is -2.40. The van der Waals surface area contributed by atoms with Crippen molar-refractivity contribution in [2.24, 2.45) is 16.8 Å². The zero-order valence-corrected chi connectivity index (χ0v) is 16.1. The van der Waals surface area contributed by atoms with Crippen molar-refractivity contribution >= 4 is 11.9 Å². The summed E-state index contributed by atoms with van der Waals surface area (Å²) in [6.45, 7) is 6.71. The van der Waals surface area contributed by atoms with Gasteiger partial charge in [-0.3, -0.25) is 4.79 Å². The minimum Gasteiger partial charge on any atom is -0.469 e. The molecule has 144 valence electrons. The second-order valence-electron chi connectivity index (χ2n) is 6.79. The highest BCUT2D eigenvalue weighted by Crippen LogP contribution is 2.24. The predicted molar refractivity (Wildman–Crippen MR) is 105 cm³/mol. The Kier molecular flexibility index (Phi) is 6.11. The molecule has 1 aliphatic rings. The average molecular weight is 369 g/mol. The zero-order chi connectivity index (χ0) is 19.2. The van der Waals surface area contributed by atoms with E-state index >= 15 is 0 Å². The van der Waals surface area contributed by atoms with Gasteiger partial charge in [0, 0.05) is 19.6 Å². The number of carbonyl (C=O) groups excluding carboxylic acids is 1. The molecule has 2 N–H and O–H groups in total. The van der Waals surface area contributed by atoms with Crippen LogP contribution in [0, 0.1) is 11.8 Å². The molecule has 2 heterocycles. The molecule has 1 aliphatic heterocycles. The van der Waals surface area contributed by atoms with Crippen LogP contribution in [0.5, 0.6) is 0 Å². The molecule has 2 atom stereocenters. The summed E-state index contributed by atoms with van der Waals surface area (Å²) in [4.78, 5) is 26.5. The van der Waals surface area contributed by atoms with Gasteiger partial charge in [-0.1, -0.05) is 37.3 Å². The van der Waals surface area contributed by atoms with E-state index in [4.69, 9.17) is 9.73 Å². The minimum atomic E-state index is -0.153. The molecule has 7 nitrogen and oxygen atoms in total. The number of carbonyl (C=O) groups is 1. The molecule has 1 aromatic heterocycles. The number of methoxy groups -OCH3 is 1. The molecule has 7 heteroatoms. The number of aromatic nitrogens is 2. The maximum absolute atomic E-state index is 11.9. The molecule has 0 bridgehead atoms. The number of likely N-dealkylation sites (tertiary alicyclic amines) is 1. The van der Waals surface area contributed by atoms with Crippen LogP contribution in [0.3, 0.4) is 0 Å². The van der Waals surface area contributed by atoms with E-state index in [-0.39, 0.29) is 17.8 Å². The van der Waals surface area contributed by atoms with Crippen LogP contribution in [0.1, 0.15) is 19.7 Å². The number of imidazole rings is 1. The van der Waals surface area contributed by atoms with Crippen LogP contribution >= 0.6 is 0 Å². The Morgan fingerprint density at radius 3 is 2.85 bits per heavy atom. The molecule has 27 heavy (non-hydrogen) atoms. The van der Waals surface area contributed by atoms with E-state index < -0.39 is 0 Å². The summed E-state index contributed by atoms with van der Waals surface area (Å²) < 4.78 is 4.93. The maximum Gasteiger partial charge on any atom is 0.310 e. The number of aliphatic imine (C=N–C) groups is 1. The van der Waals surface area contributed by atoms with Gasteiger partial charge in [-0.2, -0.15) is 0 Å². The van der Waals surface area contributed by atoms with E-state index in [1.807, 2.05) is 43.5 Å². The number of aromatic amines is 1. The molecule has 1 aromatic carbocycles. The Labute approximate surface area is 159 Å². The third kappa shape index (κ3) is 4.48. The van der Waals surface area contributed by atoms with E-state index in [0.717, 1.165) is 36.1 Å². The van der Waals surface area contributed by atoms with Crippen molar-refractivity contribution in [2.75, 3.05) is 26.7 Å². The first-order valence-electron chi connectivity index (χ1n) is 9.32. The third-order valence-corrected chi connectivity index (χ3v) is 4.84. The monoisotopic (exact) mass is 369 g/mol. The van der Waals surface area contributed by atoms with Crippen LogP contribution < -0.4 is 5.32 Å². The lowest BCUT2D eigenvalue weighted by atomic mass is 9.99. The molecule has 0 amide bonds. The van der Waals surface area contributed by atoms with Crippen molar-refractivity contribution in [3.63, 3.8) is 0 Å². The van der Waals surface area contributed by atoms with E-state index in [1.165, 1.54) is 7.11 Å². The van der Waals surface area contributed by atoms with Crippen LogP contribution in [0.4, 0.5) is 0 Å². The number of rotatable bonds is 5. The Morgan fingerprint density at radius 1 is 1.37 bits per heavy atom. The number of benzene rings is 1. The standard InChI is InChI=1S/C20H27N5O2/c1-4-21-20(25-12-14(2)16(13-25)19(26)27-3)23-11-18-22-10-17(24-18)15-8-6-5-7-9-15/h5-10,14,16H,4,11-13H2,1-3H3,(H,21,23)(H,22,24). The number of esters is 1. The van der Waals surface area contributed by atoms with Gasteiger partial charge in [0.1, 0.15) is 12.4 Å². The molecule has 0 aliphatic carbocycles. The van der Waals surface area contributed by atoms with Crippen molar-refractivity contribution in [3.8, 4) is 11.3 Å². The van der Waals surface area contributed by atoms with Crippen molar-refractivity contribution in [1.82, 2.24) is 20.2 Å². The van der Waals surface area contributed by atoms with Crippen LogP contribution in [-0.4, -0.2) is 53.5 Å². The summed E-state index contributed by atoms with van der Waals surface area (Å²) in [5, 5.41) is 3.31. The van der Waals surface area contributed by atoms with Crippen LogP contribution in [0.15, 0.2) is 41.5 Å². The van der Waals surface area contributed by atoms with Crippen molar-refractivity contribution in [1.29, 1.82) is 0 Å². The molecule has 3 rings (SSSR count). The summed E-state index contributed by atoms with van der Waals surface area (Å²) in [5.41, 5.74) is 2.08. The molecule has 1 fully saturated rings. The highest BCUT2D eigenvalue weighted by atomic mass is 16.5. The molecular weight excluding hydrogens is 342 g/mol. The van der Waals surface area contributed by atoms with Crippen molar-refractivity contribution in [2.45, 2.75) is 20.4 Å². The van der Waals surface area contributed by atoms with Gasteiger partial charge in [0.05, 0.1) is 24.9 Å². The molecule has 1 saturated heterocycles. The molecule has 0 spiro atoms. The number of hydrogen-bond donors (Lipinski definition) is 2. The number of nitrogens with zero attached hydrogens (tertiary/aromatic N) is 3. The minimum absolute atomic E-state index is 0.118. The normalized spacial score (nSPS) is 20.0. The summed E-state index contributed by atoms with van der Waals surface area (Å²) >= 11 is 0. The lowest BCUT2D eigenvalue weighted by Gasteiger charge is -2.21. The summed E-state index contributed by atoms with van der Waals surface area (Å²) in [5.74, 6) is 1.57. The van der Waals surface area contributed by atoms with Gasteiger partial charge < -0.3 is 19.9 Å². The smallest absolute Gasteiger partial charge is 0.310 e. The first-order chi connectivity index (χ1) is 13.1. The van der Waals surface area contributed by atoms with E-state index in [1.54, 1.807) is 0 Å². The summed E-state index contributed by atoms with van der Waals surface area (Å²) in [6, 6.07) is 10.1. The van der Waals surface area contributed by atoms with Gasteiger partial charge in [0.25, 0.3) is 0 Å². The topological polar surface area (TPSA) is 82.6 Å². The molecule has 0 saturated carbocycles.